The molecular weight excluding hydrogens is 250 g/mol. The van der Waals surface area contributed by atoms with Gasteiger partial charge in [0, 0.05) is 19.1 Å². The summed E-state index contributed by atoms with van der Waals surface area (Å²) in [7, 11) is 1.80. The molecular formula is C16H25N3O. The van der Waals surface area contributed by atoms with Crippen molar-refractivity contribution in [1.82, 2.24) is 10.2 Å². The van der Waals surface area contributed by atoms with Gasteiger partial charge in [-0.2, -0.15) is 5.26 Å². The Morgan fingerprint density at radius 2 is 1.80 bits per heavy atom. The highest BCUT2D eigenvalue weighted by molar-refractivity contribution is 5.75. The van der Waals surface area contributed by atoms with E-state index in [0.717, 1.165) is 17.8 Å². The maximum atomic E-state index is 12.4. The SMILES string of the molecule is CC(C#N)CN(C)C(=O)NC12CC3CC(CC(C3)C1)C2. The molecule has 1 N–H and O–H groups in total. The van der Waals surface area contributed by atoms with Gasteiger partial charge in [-0.25, -0.2) is 4.79 Å². The van der Waals surface area contributed by atoms with E-state index < -0.39 is 0 Å². The second kappa shape index (κ2) is 4.95. The number of hydrogen-bond donors (Lipinski definition) is 1. The highest BCUT2D eigenvalue weighted by Crippen LogP contribution is 2.55. The number of urea groups is 1. The van der Waals surface area contributed by atoms with Crippen molar-refractivity contribution in [3.8, 4) is 6.07 Å². The molecule has 4 saturated carbocycles. The molecule has 0 aliphatic heterocycles. The van der Waals surface area contributed by atoms with E-state index in [1.54, 1.807) is 11.9 Å². The Morgan fingerprint density at radius 3 is 2.25 bits per heavy atom. The molecule has 0 saturated heterocycles. The number of hydrogen-bond acceptors (Lipinski definition) is 2. The van der Waals surface area contributed by atoms with Crippen LogP contribution in [0.4, 0.5) is 4.79 Å². The first kappa shape index (κ1) is 13.7. The molecule has 20 heavy (non-hydrogen) atoms. The predicted octanol–water partition coefficient (Wildman–Crippen LogP) is 2.76. The zero-order chi connectivity index (χ0) is 14.3. The smallest absolute Gasteiger partial charge is 0.317 e. The van der Waals surface area contributed by atoms with Gasteiger partial charge in [0.15, 0.2) is 0 Å². The van der Waals surface area contributed by atoms with Gasteiger partial charge in [-0.3, -0.25) is 0 Å². The van der Waals surface area contributed by atoms with Crippen molar-refractivity contribution in [3.63, 3.8) is 0 Å². The van der Waals surface area contributed by atoms with E-state index in [1.165, 1.54) is 38.5 Å². The highest BCUT2D eigenvalue weighted by atomic mass is 16.2. The Kier molecular flexibility index (Phi) is 3.40. The first-order valence-electron chi connectivity index (χ1n) is 7.92. The molecule has 4 aliphatic rings. The number of nitrogens with zero attached hydrogens (tertiary/aromatic N) is 2. The summed E-state index contributed by atoms with van der Waals surface area (Å²) >= 11 is 0. The summed E-state index contributed by atoms with van der Waals surface area (Å²) in [4.78, 5) is 14.1. The highest BCUT2D eigenvalue weighted by Gasteiger charge is 2.51. The van der Waals surface area contributed by atoms with E-state index in [0.29, 0.717) is 6.54 Å². The Bertz CT molecular complexity index is 404. The molecule has 2 amide bonds. The molecule has 4 bridgehead atoms. The Morgan fingerprint density at radius 1 is 1.30 bits per heavy atom. The van der Waals surface area contributed by atoms with Gasteiger partial charge in [-0.1, -0.05) is 0 Å². The van der Waals surface area contributed by atoms with E-state index in [4.69, 9.17) is 5.26 Å². The third-order valence-corrected chi connectivity index (χ3v) is 5.53. The molecule has 4 aliphatic carbocycles. The van der Waals surface area contributed by atoms with E-state index >= 15 is 0 Å². The molecule has 0 heterocycles. The number of nitrogens with one attached hydrogen (secondary N) is 1. The van der Waals surface area contributed by atoms with Gasteiger partial charge in [0.2, 0.25) is 0 Å². The minimum Gasteiger partial charge on any atom is -0.333 e. The molecule has 0 aromatic rings. The van der Waals surface area contributed by atoms with Crippen LogP contribution in [0.15, 0.2) is 0 Å². The number of rotatable bonds is 3. The van der Waals surface area contributed by atoms with Crippen molar-refractivity contribution < 1.29 is 4.79 Å². The van der Waals surface area contributed by atoms with Crippen LogP contribution in [0.1, 0.15) is 45.4 Å². The first-order valence-corrected chi connectivity index (χ1v) is 7.92. The Hall–Kier alpha value is -1.24. The summed E-state index contributed by atoms with van der Waals surface area (Å²) in [5.41, 5.74) is 0.0655. The zero-order valence-corrected chi connectivity index (χ0v) is 12.6. The fourth-order valence-electron chi connectivity index (χ4n) is 5.12. The first-order chi connectivity index (χ1) is 9.49. The van der Waals surface area contributed by atoms with Gasteiger partial charge < -0.3 is 10.2 Å². The van der Waals surface area contributed by atoms with Gasteiger partial charge in [-0.05, 0) is 63.2 Å². The molecule has 4 rings (SSSR count). The van der Waals surface area contributed by atoms with Crippen LogP contribution in [0, 0.1) is 35.0 Å². The summed E-state index contributed by atoms with van der Waals surface area (Å²) in [6.07, 6.45) is 7.68. The largest absolute Gasteiger partial charge is 0.333 e. The molecule has 0 spiro atoms. The fraction of sp³-hybridized carbons (Fsp3) is 0.875. The number of amides is 2. The molecule has 1 atom stereocenters. The number of carbonyl (C=O) groups is 1. The average Bonchev–Trinajstić information content (AvgIpc) is 2.36. The van der Waals surface area contributed by atoms with Crippen LogP contribution in [0.5, 0.6) is 0 Å². The maximum absolute atomic E-state index is 12.4. The van der Waals surface area contributed by atoms with Crippen molar-refractivity contribution in [2.45, 2.75) is 51.0 Å². The van der Waals surface area contributed by atoms with Crippen molar-refractivity contribution in [3.05, 3.63) is 0 Å². The van der Waals surface area contributed by atoms with Gasteiger partial charge in [0.05, 0.1) is 12.0 Å². The minimum atomic E-state index is -0.109. The lowest BCUT2D eigenvalue weighted by Crippen LogP contribution is -2.61. The molecule has 1 unspecified atom stereocenters. The standard InChI is InChI=1S/C16H25N3O/c1-11(9-17)10-19(2)15(20)18-16-6-12-3-13(7-16)5-14(4-12)8-16/h11-14H,3-8,10H2,1-2H3,(H,18,20). The third kappa shape index (κ3) is 2.51. The summed E-state index contributed by atoms with van der Waals surface area (Å²) in [6, 6.07) is 2.20. The normalized spacial score (nSPS) is 39.1. The van der Waals surface area contributed by atoms with Crippen LogP contribution in [0.3, 0.4) is 0 Å². The molecule has 110 valence electrons. The van der Waals surface area contributed by atoms with Crippen molar-refractivity contribution in [2.24, 2.45) is 23.7 Å². The molecule has 0 aromatic heterocycles. The van der Waals surface area contributed by atoms with Crippen LogP contribution >= 0.6 is 0 Å². The minimum absolute atomic E-state index is 0.00838. The lowest BCUT2D eigenvalue weighted by Gasteiger charge is -2.57. The second-order valence-corrected chi connectivity index (χ2v) is 7.54. The van der Waals surface area contributed by atoms with Crippen LogP contribution in [-0.4, -0.2) is 30.1 Å². The van der Waals surface area contributed by atoms with Crippen molar-refractivity contribution in [1.29, 1.82) is 5.26 Å². The topological polar surface area (TPSA) is 56.1 Å². The number of carbonyl (C=O) groups excluding carboxylic acids is 1. The Balaban J connectivity index is 1.63. The molecule has 0 radical (unpaired) electrons. The van der Waals surface area contributed by atoms with Gasteiger partial charge in [-0.15, -0.1) is 0 Å². The quantitative estimate of drug-likeness (QED) is 0.861. The summed E-state index contributed by atoms with van der Waals surface area (Å²) in [5.74, 6) is 2.40. The van der Waals surface area contributed by atoms with Crippen LogP contribution in [0.25, 0.3) is 0 Å². The lowest BCUT2D eigenvalue weighted by atomic mass is 9.53. The van der Waals surface area contributed by atoms with Crippen molar-refractivity contribution in [2.75, 3.05) is 13.6 Å². The monoisotopic (exact) mass is 275 g/mol. The van der Waals surface area contributed by atoms with Gasteiger partial charge in [0.25, 0.3) is 0 Å². The average molecular weight is 275 g/mol. The van der Waals surface area contributed by atoms with E-state index in [1.807, 2.05) is 6.92 Å². The molecule has 4 heteroatoms. The molecule has 4 nitrogen and oxygen atoms in total. The van der Waals surface area contributed by atoms with Gasteiger partial charge in [0.1, 0.15) is 0 Å². The van der Waals surface area contributed by atoms with E-state index in [9.17, 15) is 4.79 Å². The number of nitriles is 1. The van der Waals surface area contributed by atoms with Gasteiger partial charge >= 0.3 is 6.03 Å². The van der Waals surface area contributed by atoms with E-state index in [2.05, 4.69) is 11.4 Å². The Labute approximate surface area is 121 Å². The third-order valence-electron chi connectivity index (χ3n) is 5.53. The second-order valence-electron chi connectivity index (χ2n) is 7.54. The summed E-state index contributed by atoms with van der Waals surface area (Å²) in [5, 5.41) is 12.2. The lowest BCUT2D eigenvalue weighted by molar-refractivity contribution is -0.0153. The van der Waals surface area contributed by atoms with Crippen molar-refractivity contribution >= 4 is 6.03 Å². The van der Waals surface area contributed by atoms with Crippen LogP contribution in [-0.2, 0) is 0 Å². The zero-order valence-electron chi connectivity index (χ0n) is 12.6. The maximum Gasteiger partial charge on any atom is 0.317 e. The molecule has 0 aromatic carbocycles. The molecule has 4 fully saturated rings. The summed E-state index contributed by atoms with van der Waals surface area (Å²) < 4.78 is 0. The van der Waals surface area contributed by atoms with Crippen LogP contribution in [0.2, 0.25) is 0 Å². The predicted molar refractivity (Wildman–Crippen MR) is 76.8 cm³/mol. The summed E-state index contributed by atoms with van der Waals surface area (Å²) in [6.45, 7) is 2.36. The van der Waals surface area contributed by atoms with E-state index in [-0.39, 0.29) is 17.5 Å². The fourth-order valence-corrected chi connectivity index (χ4v) is 5.12. The van der Waals surface area contributed by atoms with Crippen LogP contribution < -0.4 is 5.32 Å².